The highest BCUT2D eigenvalue weighted by atomic mass is 19.1. The normalized spacial score (nSPS) is 19.9. The van der Waals surface area contributed by atoms with Crippen molar-refractivity contribution in [1.82, 2.24) is 5.32 Å². The van der Waals surface area contributed by atoms with Gasteiger partial charge in [-0.15, -0.1) is 0 Å². The summed E-state index contributed by atoms with van der Waals surface area (Å²) in [6.45, 7) is 0. The Hall–Kier alpha value is -2.11. The van der Waals surface area contributed by atoms with Crippen LogP contribution in [0.15, 0.2) is 18.2 Å². The van der Waals surface area contributed by atoms with Gasteiger partial charge < -0.3 is 11.1 Å². The molecule has 1 saturated heterocycles. The minimum atomic E-state index is -0.513. The van der Waals surface area contributed by atoms with Gasteiger partial charge in [0.15, 0.2) is 0 Å². The van der Waals surface area contributed by atoms with Crippen LogP contribution in [0.5, 0.6) is 0 Å². The Kier molecular flexibility index (Phi) is 2.95. The zero-order chi connectivity index (χ0) is 12.4. The molecule has 1 aromatic carbocycles. The van der Waals surface area contributed by atoms with Crippen molar-refractivity contribution in [3.8, 4) is 0 Å². The van der Waals surface area contributed by atoms with Crippen LogP contribution in [0.4, 0.5) is 15.8 Å². The molecule has 0 radical (unpaired) electrons. The average molecular weight is 237 g/mol. The molecule has 1 aliphatic heterocycles. The van der Waals surface area contributed by atoms with E-state index in [9.17, 15) is 14.0 Å². The summed E-state index contributed by atoms with van der Waals surface area (Å²) in [6.07, 6.45) is 0.686. The molecule has 2 rings (SSSR count). The predicted octanol–water partition coefficient (Wildman–Crippen LogP) is 0.625. The molecule has 17 heavy (non-hydrogen) atoms. The summed E-state index contributed by atoms with van der Waals surface area (Å²) in [6, 6.07) is 3.38. The maximum absolute atomic E-state index is 12.8. The van der Waals surface area contributed by atoms with Gasteiger partial charge in [0.1, 0.15) is 11.9 Å². The van der Waals surface area contributed by atoms with Crippen molar-refractivity contribution < 1.29 is 14.0 Å². The summed E-state index contributed by atoms with van der Waals surface area (Å²) in [5, 5.41) is 5.12. The molecular formula is C11H12FN3O2. The van der Waals surface area contributed by atoms with E-state index in [0.29, 0.717) is 12.1 Å². The summed E-state index contributed by atoms with van der Waals surface area (Å²) >= 11 is 0. The molecule has 5 nitrogen and oxygen atoms in total. The lowest BCUT2D eigenvalue weighted by molar-refractivity contribution is -0.133. The zero-order valence-electron chi connectivity index (χ0n) is 9.00. The molecule has 0 aromatic heterocycles. The summed E-state index contributed by atoms with van der Waals surface area (Å²) in [7, 11) is 0. The molecule has 2 amide bonds. The van der Waals surface area contributed by atoms with Gasteiger partial charge in [0.05, 0.1) is 11.4 Å². The zero-order valence-corrected chi connectivity index (χ0v) is 9.00. The molecule has 90 valence electrons. The van der Waals surface area contributed by atoms with Crippen LogP contribution in [0.1, 0.15) is 12.8 Å². The van der Waals surface area contributed by atoms with E-state index in [1.165, 1.54) is 18.2 Å². The van der Waals surface area contributed by atoms with Gasteiger partial charge in [-0.1, -0.05) is 0 Å². The number of nitrogens with two attached hydrogens (primary N) is 1. The summed E-state index contributed by atoms with van der Waals surface area (Å²) < 4.78 is 12.8. The minimum Gasteiger partial charge on any atom is -0.397 e. The Balaban J connectivity index is 2.10. The number of carbonyl (C=O) groups is 2. The van der Waals surface area contributed by atoms with Crippen molar-refractivity contribution in [3.05, 3.63) is 24.0 Å². The number of benzene rings is 1. The first-order valence-corrected chi connectivity index (χ1v) is 5.21. The molecule has 1 aromatic rings. The van der Waals surface area contributed by atoms with E-state index < -0.39 is 11.9 Å². The van der Waals surface area contributed by atoms with Crippen molar-refractivity contribution in [3.63, 3.8) is 0 Å². The highest BCUT2D eigenvalue weighted by Crippen LogP contribution is 2.21. The number of piperidine rings is 1. The largest absolute Gasteiger partial charge is 0.397 e. The predicted molar refractivity (Wildman–Crippen MR) is 60.6 cm³/mol. The molecular weight excluding hydrogens is 225 g/mol. The molecule has 1 heterocycles. The number of hydrogen-bond donors (Lipinski definition) is 3. The maximum atomic E-state index is 12.8. The molecule has 1 unspecified atom stereocenters. The van der Waals surface area contributed by atoms with Crippen molar-refractivity contribution in [1.29, 1.82) is 0 Å². The summed E-state index contributed by atoms with van der Waals surface area (Å²) in [4.78, 5) is 22.4. The molecule has 0 spiro atoms. The molecule has 0 saturated carbocycles. The van der Waals surface area contributed by atoms with Crippen molar-refractivity contribution in [2.75, 3.05) is 11.1 Å². The first-order valence-electron chi connectivity index (χ1n) is 5.21. The fourth-order valence-corrected chi connectivity index (χ4v) is 1.68. The van der Waals surface area contributed by atoms with Gasteiger partial charge >= 0.3 is 0 Å². The van der Waals surface area contributed by atoms with E-state index in [2.05, 4.69) is 10.6 Å². The van der Waals surface area contributed by atoms with Gasteiger partial charge in [-0.3, -0.25) is 14.9 Å². The summed E-state index contributed by atoms with van der Waals surface area (Å²) in [5.41, 5.74) is 6.33. The summed E-state index contributed by atoms with van der Waals surface area (Å²) in [5.74, 6) is -1.10. The number of anilines is 2. The van der Waals surface area contributed by atoms with E-state index in [1.54, 1.807) is 0 Å². The SMILES string of the molecule is Nc1cc(F)ccc1NC1CCC(=O)NC1=O. The van der Waals surface area contributed by atoms with Gasteiger partial charge in [0.25, 0.3) is 0 Å². The van der Waals surface area contributed by atoms with Crippen LogP contribution in [0.3, 0.4) is 0 Å². The van der Waals surface area contributed by atoms with E-state index >= 15 is 0 Å². The van der Waals surface area contributed by atoms with Crippen LogP contribution < -0.4 is 16.4 Å². The number of carbonyl (C=O) groups excluding carboxylic acids is 2. The lowest BCUT2D eigenvalue weighted by Crippen LogP contribution is -2.47. The first-order chi connectivity index (χ1) is 8.06. The lowest BCUT2D eigenvalue weighted by Gasteiger charge is -2.23. The van der Waals surface area contributed by atoms with Gasteiger partial charge in [-0.25, -0.2) is 4.39 Å². The van der Waals surface area contributed by atoms with Crippen LogP contribution in [0.25, 0.3) is 0 Å². The third kappa shape index (κ3) is 2.52. The quantitative estimate of drug-likeness (QED) is 0.520. The molecule has 1 fully saturated rings. The van der Waals surface area contributed by atoms with Crippen LogP contribution in [-0.2, 0) is 9.59 Å². The smallest absolute Gasteiger partial charge is 0.249 e. The Bertz CT molecular complexity index is 476. The van der Waals surface area contributed by atoms with Gasteiger partial charge in [0.2, 0.25) is 11.8 Å². The molecule has 4 N–H and O–H groups in total. The number of rotatable bonds is 2. The number of imide groups is 1. The third-order valence-electron chi connectivity index (χ3n) is 2.58. The average Bonchev–Trinajstić information content (AvgIpc) is 2.25. The highest BCUT2D eigenvalue weighted by molar-refractivity contribution is 6.01. The minimum absolute atomic E-state index is 0.231. The second kappa shape index (κ2) is 4.40. The number of hydrogen-bond acceptors (Lipinski definition) is 4. The molecule has 1 aliphatic rings. The van der Waals surface area contributed by atoms with E-state index in [-0.39, 0.29) is 23.9 Å². The topological polar surface area (TPSA) is 84.2 Å². The Morgan fingerprint density at radius 2 is 2.18 bits per heavy atom. The highest BCUT2D eigenvalue weighted by Gasteiger charge is 2.26. The van der Waals surface area contributed by atoms with Crippen molar-refractivity contribution >= 4 is 23.2 Å². The Morgan fingerprint density at radius 3 is 2.82 bits per heavy atom. The number of halogens is 1. The molecule has 0 bridgehead atoms. The van der Waals surface area contributed by atoms with Crippen LogP contribution >= 0.6 is 0 Å². The van der Waals surface area contributed by atoms with Gasteiger partial charge in [-0.2, -0.15) is 0 Å². The Morgan fingerprint density at radius 1 is 1.41 bits per heavy atom. The second-order valence-corrected chi connectivity index (χ2v) is 3.88. The molecule has 1 atom stereocenters. The van der Waals surface area contributed by atoms with E-state index in [1.807, 2.05) is 0 Å². The van der Waals surface area contributed by atoms with Gasteiger partial charge in [-0.05, 0) is 24.6 Å². The van der Waals surface area contributed by atoms with Crippen LogP contribution in [0, 0.1) is 5.82 Å². The number of nitrogens with one attached hydrogen (secondary N) is 2. The fraction of sp³-hybridized carbons (Fsp3) is 0.273. The monoisotopic (exact) mass is 237 g/mol. The number of nitrogen functional groups attached to an aromatic ring is 1. The molecule has 0 aliphatic carbocycles. The second-order valence-electron chi connectivity index (χ2n) is 3.88. The van der Waals surface area contributed by atoms with Crippen molar-refractivity contribution in [2.45, 2.75) is 18.9 Å². The Labute approximate surface area is 97.2 Å². The van der Waals surface area contributed by atoms with Gasteiger partial charge in [0, 0.05) is 6.42 Å². The fourth-order valence-electron chi connectivity index (χ4n) is 1.68. The van der Waals surface area contributed by atoms with E-state index in [4.69, 9.17) is 5.73 Å². The molecule has 6 heteroatoms. The first kappa shape index (κ1) is 11.4. The maximum Gasteiger partial charge on any atom is 0.249 e. The standard InChI is InChI=1S/C11H12FN3O2/c12-6-1-2-8(7(13)5-6)14-9-3-4-10(16)15-11(9)17/h1-2,5,9,14H,3-4,13H2,(H,15,16,17). The van der Waals surface area contributed by atoms with E-state index in [0.717, 1.165) is 0 Å². The number of amides is 2. The van der Waals surface area contributed by atoms with Crippen LogP contribution in [0.2, 0.25) is 0 Å². The van der Waals surface area contributed by atoms with Crippen LogP contribution in [-0.4, -0.2) is 17.9 Å². The third-order valence-corrected chi connectivity index (χ3v) is 2.58. The van der Waals surface area contributed by atoms with Crippen molar-refractivity contribution in [2.24, 2.45) is 0 Å². The lowest BCUT2D eigenvalue weighted by atomic mass is 10.1.